The highest BCUT2D eigenvalue weighted by molar-refractivity contribution is 6.42. The van der Waals surface area contributed by atoms with Gasteiger partial charge >= 0.3 is 11.9 Å². The summed E-state index contributed by atoms with van der Waals surface area (Å²) in [6.07, 6.45) is 0.241. The number of carboxylic acid groups (broad SMARTS) is 2. The topological polar surface area (TPSA) is 133 Å². The molecule has 0 heterocycles. The lowest BCUT2D eigenvalue weighted by molar-refractivity contribution is -0.138. The van der Waals surface area contributed by atoms with Crippen molar-refractivity contribution in [1.29, 1.82) is 0 Å². The Bertz CT molecular complexity index is 1640. The van der Waals surface area contributed by atoms with Crippen molar-refractivity contribution in [2.75, 3.05) is 13.1 Å². The minimum absolute atomic E-state index is 0.0641. The fourth-order valence-electron chi connectivity index (χ4n) is 4.40. The predicted molar refractivity (Wildman–Crippen MR) is 176 cm³/mol. The predicted octanol–water partition coefficient (Wildman–Crippen LogP) is 6.59. The number of amides is 2. The van der Waals surface area contributed by atoms with Crippen LogP contribution < -0.4 is 10.6 Å². The lowest BCUT2D eigenvalue weighted by Gasteiger charge is -2.11. The summed E-state index contributed by atoms with van der Waals surface area (Å²) in [6.45, 7) is 2.30. The van der Waals surface area contributed by atoms with E-state index in [4.69, 9.17) is 33.4 Å². The minimum atomic E-state index is -0.943. The van der Waals surface area contributed by atoms with Gasteiger partial charge in [-0.25, -0.2) is 0 Å². The molecule has 0 bridgehead atoms. The molecule has 45 heavy (non-hydrogen) atoms. The van der Waals surface area contributed by atoms with Gasteiger partial charge in [0.2, 0.25) is 11.8 Å². The van der Waals surface area contributed by atoms with Crippen LogP contribution >= 0.6 is 23.2 Å². The minimum Gasteiger partial charge on any atom is -0.481 e. The first kappa shape index (κ1) is 34.8. The van der Waals surface area contributed by atoms with Gasteiger partial charge in [-0.1, -0.05) is 108 Å². The van der Waals surface area contributed by atoms with Gasteiger partial charge in [0.05, 0.1) is 35.7 Å². The van der Waals surface area contributed by atoms with Crippen molar-refractivity contribution in [2.24, 2.45) is 0 Å². The van der Waals surface area contributed by atoms with Crippen molar-refractivity contribution >= 4 is 47.0 Å². The van der Waals surface area contributed by atoms with Gasteiger partial charge < -0.3 is 20.8 Å². The number of carbonyl (C=O) groups excluding carboxylic acids is 2. The van der Waals surface area contributed by atoms with E-state index in [1.807, 2.05) is 85.8 Å². The number of hydrogen-bond acceptors (Lipinski definition) is 4. The second kappa shape index (κ2) is 17.6. The molecule has 2 amide bonds. The second-order valence-electron chi connectivity index (χ2n) is 10.2. The third-order valence-corrected chi connectivity index (χ3v) is 7.39. The van der Waals surface area contributed by atoms with Crippen LogP contribution in [0, 0.1) is 6.92 Å². The van der Waals surface area contributed by atoms with Crippen molar-refractivity contribution < 1.29 is 29.4 Å². The molecule has 4 rings (SSSR count). The van der Waals surface area contributed by atoms with Crippen LogP contribution in [-0.2, 0) is 32.0 Å². The highest BCUT2D eigenvalue weighted by Gasteiger charge is 2.12. The smallest absolute Gasteiger partial charge is 0.305 e. The summed E-state index contributed by atoms with van der Waals surface area (Å²) in [7, 11) is 0. The van der Waals surface area contributed by atoms with E-state index in [9.17, 15) is 19.2 Å². The molecule has 234 valence electrons. The third-order valence-electron chi connectivity index (χ3n) is 6.65. The van der Waals surface area contributed by atoms with Crippen LogP contribution in [0.25, 0.3) is 22.3 Å². The maximum absolute atomic E-state index is 11.9. The average molecular weight is 650 g/mol. The normalized spacial score (nSPS) is 10.3. The van der Waals surface area contributed by atoms with Crippen molar-refractivity contribution in [1.82, 2.24) is 10.6 Å². The van der Waals surface area contributed by atoms with E-state index < -0.39 is 11.9 Å². The first-order chi connectivity index (χ1) is 21.5. The molecule has 0 aliphatic rings. The molecule has 0 radical (unpaired) electrons. The number of aryl methyl sites for hydroxylation is 1. The van der Waals surface area contributed by atoms with Crippen molar-refractivity contribution in [2.45, 2.75) is 32.6 Å². The van der Waals surface area contributed by atoms with Crippen LogP contribution in [0.5, 0.6) is 0 Å². The molecular weight excluding hydrogens is 615 g/mol. The Hall–Kier alpha value is -4.66. The molecule has 0 aromatic heterocycles. The van der Waals surface area contributed by atoms with Gasteiger partial charge in [-0.2, -0.15) is 0 Å². The van der Waals surface area contributed by atoms with Crippen LogP contribution in [0.15, 0.2) is 91.0 Å². The Balaban J connectivity index is 0.000000246. The van der Waals surface area contributed by atoms with Crippen LogP contribution in [0.4, 0.5) is 0 Å². The lowest BCUT2D eigenvalue weighted by Crippen LogP contribution is -2.27. The van der Waals surface area contributed by atoms with E-state index in [2.05, 4.69) is 10.6 Å². The van der Waals surface area contributed by atoms with Crippen molar-refractivity contribution in [3.05, 3.63) is 118 Å². The van der Waals surface area contributed by atoms with Crippen LogP contribution in [0.3, 0.4) is 0 Å². The van der Waals surface area contributed by atoms with Gasteiger partial charge in [0.25, 0.3) is 0 Å². The standard InChI is InChI=1S/C18H19NO3.C17H15Cl2NO3/c1-13-6-8-14(9-7-13)16-5-3-2-4-15(16)12-17(20)19-11-10-18(21)22;18-14-6-5-12(9-15(14)19)13-4-2-1-3-11(13)10-16(21)20-8-7-17(22)23/h2-9H,10-12H2,1H3,(H,19,20)(H,21,22);1-6,9H,7-8,10H2,(H,20,21)(H,22,23). The van der Waals surface area contributed by atoms with Crippen molar-refractivity contribution in [3.63, 3.8) is 0 Å². The van der Waals surface area contributed by atoms with E-state index in [1.165, 1.54) is 5.56 Å². The zero-order valence-electron chi connectivity index (χ0n) is 24.7. The number of halogens is 2. The largest absolute Gasteiger partial charge is 0.481 e. The Morgan fingerprint density at radius 1 is 0.600 bits per heavy atom. The maximum Gasteiger partial charge on any atom is 0.305 e. The molecule has 0 saturated heterocycles. The Morgan fingerprint density at radius 3 is 1.51 bits per heavy atom. The molecule has 0 unspecified atom stereocenters. The van der Waals surface area contributed by atoms with E-state index >= 15 is 0 Å². The summed E-state index contributed by atoms with van der Waals surface area (Å²) in [5.41, 5.74) is 6.80. The second-order valence-corrected chi connectivity index (χ2v) is 11.0. The number of nitrogens with one attached hydrogen (secondary N) is 2. The quantitative estimate of drug-likeness (QED) is 0.137. The fourth-order valence-corrected chi connectivity index (χ4v) is 4.70. The fraction of sp³-hybridized carbons (Fsp3) is 0.200. The number of hydrogen-bond donors (Lipinski definition) is 4. The Labute approximate surface area is 272 Å². The summed E-state index contributed by atoms with van der Waals surface area (Å²) >= 11 is 12.0. The zero-order chi connectivity index (χ0) is 32.8. The summed E-state index contributed by atoms with van der Waals surface area (Å²) in [5, 5.41) is 23.3. The highest BCUT2D eigenvalue weighted by Crippen LogP contribution is 2.30. The lowest BCUT2D eigenvalue weighted by atomic mass is 9.97. The molecule has 8 nitrogen and oxygen atoms in total. The molecule has 4 N–H and O–H groups in total. The molecule has 0 fully saturated rings. The summed E-state index contributed by atoms with van der Waals surface area (Å²) in [5.74, 6) is -2.25. The summed E-state index contributed by atoms with van der Waals surface area (Å²) in [6, 6.07) is 28.7. The van der Waals surface area contributed by atoms with E-state index in [1.54, 1.807) is 12.1 Å². The van der Waals surface area contributed by atoms with E-state index in [0.29, 0.717) is 10.0 Å². The Kier molecular flexibility index (Phi) is 13.6. The van der Waals surface area contributed by atoms with Gasteiger partial charge in [0.1, 0.15) is 0 Å². The summed E-state index contributed by atoms with van der Waals surface area (Å²) in [4.78, 5) is 44.8. The first-order valence-electron chi connectivity index (χ1n) is 14.2. The highest BCUT2D eigenvalue weighted by atomic mass is 35.5. The number of aliphatic carboxylic acids is 2. The molecule has 0 spiro atoms. The molecule has 4 aromatic carbocycles. The molecule has 4 aromatic rings. The van der Waals surface area contributed by atoms with Gasteiger partial charge in [0, 0.05) is 13.1 Å². The van der Waals surface area contributed by atoms with Crippen LogP contribution in [-0.4, -0.2) is 47.1 Å². The number of carboxylic acids is 2. The van der Waals surface area contributed by atoms with Crippen LogP contribution in [0.1, 0.15) is 29.5 Å². The third kappa shape index (κ3) is 11.7. The number of carbonyl (C=O) groups is 4. The monoisotopic (exact) mass is 648 g/mol. The molecule has 0 saturated carbocycles. The van der Waals surface area contributed by atoms with Gasteiger partial charge in [-0.3, -0.25) is 19.2 Å². The first-order valence-corrected chi connectivity index (χ1v) is 14.9. The average Bonchev–Trinajstić information content (AvgIpc) is 3.00. The van der Waals surface area contributed by atoms with Gasteiger partial charge in [0.15, 0.2) is 0 Å². The molecule has 10 heteroatoms. The SMILES string of the molecule is Cc1ccc(-c2ccccc2CC(=O)NCCC(=O)O)cc1.O=C(O)CCNC(=O)Cc1ccccc1-c1ccc(Cl)c(Cl)c1. The zero-order valence-corrected chi connectivity index (χ0v) is 26.2. The van der Waals surface area contributed by atoms with Gasteiger partial charge in [-0.05, 0) is 52.4 Å². The van der Waals surface area contributed by atoms with Gasteiger partial charge in [-0.15, -0.1) is 0 Å². The van der Waals surface area contributed by atoms with E-state index in [-0.39, 0.29) is 50.6 Å². The molecular formula is C35H34Cl2N2O6. The molecule has 0 atom stereocenters. The number of benzene rings is 4. The molecule has 0 aliphatic heterocycles. The van der Waals surface area contributed by atoms with Crippen molar-refractivity contribution in [3.8, 4) is 22.3 Å². The number of rotatable bonds is 12. The van der Waals surface area contributed by atoms with E-state index in [0.717, 1.165) is 33.4 Å². The van der Waals surface area contributed by atoms with Crippen LogP contribution in [0.2, 0.25) is 10.0 Å². The molecule has 0 aliphatic carbocycles. The Morgan fingerprint density at radius 2 is 1.04 bits per heavy atom. The summed E-state index contributed by atoms with van der Waals surface area (Å²) < 4.78 is 0. The maximum atomic E-state index is 11.9.